The lowest BCUT2D eigenvalue weighted by Gasteiger charge is -2.39. The minimum Gasteiger partial charge on any atom is -0.495 e. The van der Waals surface area contributed by atoms with Crippen LogP contribution in [0, 0.1) is 0 Å². The number of ether oxygens (including phenoxy) is 1. The Hall–Kier alpha value is -6.28. The Bertz CT molecular complexity index is 2420. The van der Waals surface area contributed by atoms with Gasteiger partial charge in [0.05, 0.1) is 42.4 Å². The normalized spacial score (nSPS) is 22.6. The zero-order chi connectivity index (χ0) is 47.7. The number of carbonyl (C=O) groups excluding carboxylic acids is 6. The number of halogens is 2. The van der Waals surface area contributed by atoms with Gasteiger partial charge in [-0.3, -0.25) is 43.9 Å². The van der Waals surface area contributed by atoms with E-state index in [2.05, 4.69) is 47.7 Å². The number of methoxy groups -OCH3 is 1. The van der Waals surface area contributed by atoms with Crippen LogP contribution in [0.2, 0.25) is 0 Å². The molecule has 0 bridgehead atoms. The van der Waals surface area contributed by atoms with Crippen LogP contribution < -0.4 is 35.4 Å². The number of hydrogen-bond acceptors (Lipinski definition) is 14. The van der Waals surface area contributed by atoms with Gasteiger partial charge in [0.15, 0.2) is 5.82 Å². The summed E-state index contributed by atoms with van der Waals surface area (Å²) in [6.45, 7) is 7.63. The molecule has 2 aromatic carbocycles. The molecule has 4 aliphatic heterocycles. The summed E-state index contributed by atoms with van der Waals surface area (Å²) in [6.07, 6.45) is 6.43. The van der Waals surface area contributed by atoms with Crippen LogP contribution in [0.5, 0.6) is 5.75 Å². The number of imide groups is 2. The van der Waals surface area contributed by atoms with E-state index in [-0.39, 0.29) is 53.8 Å². The summed E-state index contributed by atoms with van der Waals surface area (Å²) < 4.78 is 35.7. The van der Waals surface area contributed by atoms with Crippen molar-refractivity contribution in [3.05, 3.63) is 59.3 Å². The molecule has 1 aromatic heterocycles. The van der Waals surface area contributed by atoms with Crippen molar-refractivity contribution in [3.63, 3.8) is 0 Å². The van der Waals surface area contributed by atoms with Crippen LogP contribution in [0.3, 0.4) is 0 Å². The lowest BCUT2D eigenvalue weighted by Crippen LogP contribution is -2.54. The van der Waals surface area contributed by atoms with E-state index in [1.54, 1.807) is 30.3 Å². The highest BCUT2D eigenvalue weighted by molar-refractivity contribution is 6.25. The maximum absolute atomic E-state index is 15.0. The van der Waals surface area contributed by atoms with Crippen molar-refractivity contribution in [3.8, 4) is 5.75 Å². The third kappa shape index (κ3) is 9.63. The summed E-state index contributed by atoms with van der Waals surface area (Å²) in [6, 6.07) is 9.29. The number of benzene rings is 2. The maximum Gasteiger partial charge on any atom is 0.342 e. The van der Waals surface area contributed by atoms with Crippen LogP contribution in [0.25, 0.3) is 0 Å². The SMILES string of the molecule is CCCC(C)N1CC(F)(F)C(=O)N(C)c2cnc(Nc3ccc(C(=O)NC4CCC(N(C)CCN5CCN(c6cccc7c6C(=O)N(C6CCC(=O)NC6=O)C7=O)CC5)CC4)cc3OC)nc21. The molecule has 3 aromatic rings. The molecule has 0 spiro atoms. The van der Waals surface area contributed by atoms with Crippen molar-refractivity contribution in [1.29, 1.82) is 0 Å². The Kier molecular flexibility index (Phi) is 13.8. The van der Waals surface area contributed by atoms with Gasteiger partial charge in [-0.05, 0) is 82.8 Å². The van der Waals surface area contributed by atoms with E-state index >= 15 is 8.78 Å². The van der Waals surface area contributed by atoms with E-state index in [9.17, 15) is 28.8 Å². The van der Waals surface area contributed by atoms with Gasteiger partial charge < -0.3 is 35.0 Å². The molecule has 2 atom stereocenters. The van der Waals surface area contributed by atoms with Gasteiger partial charge in [-0.1, -0.05) is 19.4 Å². The molecule has 3 N–H and O–H groups in total. The first-order valence-electron chi connectivity index (χ1n) is 23.2. The standard InChI is InChI=1S/C47H59F2N11O7/c1-6-8-28(2)59-27-47(48,49)45(66)56(4)36-26-50-46(54-40(36)59)52-33-16-11-29(25-37(33)67-5)41(62)51-30-12-14-31(15-13-30)55(3)19-20-57-21-23-58(24-22-57)34-10-7-9-32-39(34)44(65)60(43(32)64)35-17-18-38(61)53-42(35)63/h7,9-11,16,25-26,28,30-31,35H,6,8,12-15,17-24,27H2,1-5H3,(H,51,62)(H,50,52,54)(H,53,61,63). The van der Waals surface area contributed by atoms with E-state index in [4.69, 9.17) is 4.74 Å². The number of fused-ring (bicyclic) bond motifs is 2. The molecule has 6 amide bonds. The lowest BCUT2D eigenvalue weighted by atomic mass is 9.90. The molecular formula is C47H59F2N11O7. The average molecular weight is 928 g/mol. The number of rotatable bonds is 14. The van der Waals surface area contributed by atoms with E-state index < -0.39 is 48.0 Å². The average Bonchev–Trinajstić information content (AvgIpc) is 3.54. The van der Waals surface area contributed by atoms with E-state index in [0.29, 0.717) is 53.8 Å². The lowest BCUT2D eigenvalue weighted by molar-refractivity contribution is -0.140. The van der Waals surface area contributed by atoms with Gasteiger partial charge in [-0.2, -0.15) is 13.8 Å². The topological polar surface area (TPSA) is 193 Å². The number of amides is 6. The second kappa shape index (κ2) is 19.5. The molecule has 358 valence electrons. The summed E-state index contributed by atoms with van der Waals surface area (Å²) in [5.74, 6) is -6.50. The van der Waals surface area contributed by atoms with Gasteiger partial charge in [-0.25, -0.2) is 4.98 Å². The van der Waals surface area contributed by atoms with E-state index in [1.807, 2.05) is 19.9 Å². The number of piperidine rings is 1. The predicted molar refractivity (Wildman–Crippen MR) is 246 cm³/mol. The second-order valence-corrected chi connectivity index (χ2v) is 18.2. The molecular weight excluding hydrogens is 869 g/mol. The fraction of sp³-hybridized carbons (Fsp3) is 0.532. The molecule has 2 unspecified atom stereocenters. The molecule has 5 aliphatic rings. The second-order valence-electron chi connectivity index (χ2n) is 18.2. The number of anilines is 5. The Morgan fingerprint density at radius 3 is 2.45 bits per heavy atom. The fourth-order valence-electron chi connectivity index (χ4n) is 9.96. The highest BCUT2D eigenvalue weighted by Crippen LogP contribution is 2.39. The minimum atomic E-state index is -3.61. The summed E-state index contributed by atoms with van der Waals surface area (Å²) in [5.41, 5.74) is 2.34. The zero-order valence-electron chi connectivity index (χ0n) is 38.6. The van der Waals surface area contributed by atoms with Crippen molar-refractivity contribution >= 4 is 64.3 Å². The van der Waals surface area contributed by atoms with Gasteiger partial charge in [-0.15, -0.1) is 0 Å². The van der Waals surface area contributed by atoms with Gasteiger partial charge in [0.25, 0.3) is 23.6 Å². The van der Waals surface area contributed by atoms with E-state index in [1.165, 1.54) is 25.3 Å². The number of piperazine rings is 1. The summed E-state index contributed by atoms with van der Waals surface area (Å²) in [7, 11) is 4.92. The Morgan fingerprint density at radius 1 is 1.00 bits per heavy atom. The molecule has 0 radical (unpaired) electrons. The molecule has 2 saturated heterocycles. The van der Waals surface area contributed by atoms with Gasteiger partial charge in [0.1, 0.15) is 17.5 Å². The van der Waals surface area contributed by atoms with Crippen LogP contribution in [0.4, 0.5) is 37.6 Å². The molecule has 3 fully saturated rings. The van der Waals surface area contributed by atoms with Crippen LogP contribution in [0.15, 0.2) is 42.6 Å². The smallest absolute Gasteiger partial charge is 0.342 e. The molecule has 67 heavy (non-hydrogen) atoms. The number of likely N-dealkylation sites (N-methyl/N-ethyl adjacent to an activating group) is 1. The summed E-state index contributed by atoms with van der Waals surface area (Å²) in [5, 5.41) is 8.56. The Balaban J connectivity index is 0.806. The van der Waals surface area contributed by atoms with Crippen LogP contribution >= 0.6 is 0 Å². The maximum atomic E-state index is 15.0. The number of nitrogens with one attached hydrogen (secondary N) is 3. The highest BCUT2D eigenvalue weighted by Gasteiger charge is 2.49. The molecule has 18 nitrogen and oxygen atoms in total. The first-order chi connectivity index (χ1) is 32.1. The van der Waals surface area contributed by atoms with Crippen molar-refractivity contribution in [2.45, 2.75) is 95.3 Å². The predicted octanol–water partition coefficient (Wildman–Crippen LogP) is 4.03. The van der Waals surface area contributed by atoms with E-state index in [0.717, 1.165) is 68.1 Å². The van der Waals surface area contributed by atoms with Gasteiger partial charge >= 0.3 is 5.92 Å². The van der Waals surface area contributed by atoms with Crippen LogP contribution in [-0.2, 0) is 14.4 Å². The third-order valence-corrected chi connectivity index (χ3v) is 13.9. The van der Waals surface area contributed by atoms with Crippen molar-refractivity contribution < 1.29 is 42.3 Å². The number of aromatic nitrogens is 2. The Labute approximate surface area is 388 Å². The van der Waals surface area contributed by atoms with Gasteiger partial charge in [0, 0.05) is 76.4 Å². The van der Waals surface area contributed by atoms with Gasteiger partial charge in [0.2, 0.25) is 17.8 Å². The first-order valence-corrected chi connectivity index (χ1v) is 23.2. The number of alkyl halides is 2. The molecule has 5 heterocycles. The monoisotopic (exact) mass is 927 g/mol. The molecule has 1 aliphatic carbocycles. The number of carbonyl (C=O) groups is 6. The fourth-order valence-corrected chi connectivity index (χ4v) is 9.96. The number of nitrogens with zero attached hydrogens (tertiary/aromatic N) is 8. The summed E-state index contributed by atoms with van der Waals surface area (Å²) in [4.78, 5) is 96.7. The summed E-state index contributed by atoms with van der Waals surface area (Å²) >= 11 is 0. The number of hydrogen-bond donors (Lipinski definition) is 3. The van der Waals surface area contributed by atoms with Crippen molar-refractivity contribution in [2.24, 2.45) is 0 Å². The highest BCUT2D eigenvalue weighted by atomic mass is 19.3. The largest absolute Gasteiger partial charge is 0.495 e. The Morgan fingerprint density at radius 2 is 1.75 bits per heavy atom. The van der Waals surface area contributed by atoms with Crippen LogP contribution in [0.1, 0.15) is 96.3 Å². The molecule has 1 saturated carbocycles. The minimum absolute atomic E-state index is 0.00940. The van der Waals surface area contributed by atoms with Crippen molar-refractivity contribution in [1.82, 2.24) is 35.3 Å². The zero-order valence-corrected chi connectivity index (χ0v) is 38.6. The first kappa shape index (κ1) is 47.2. The quantitative estimate of drug-likeness (QED) is 0.196. The van der Waals surface area contributed by atoms with Crippen molar-refractivity contribution in [2.75, 3.05) is 87.0 Å². The third-order valence-electron chi connectivity index (χ3n) is 13.9. The van der Waals surface area contributed by atoms with Crippen LogP contribution in [-0.4, -0.2) is 157 Å². The molecule has 8 rings (SSSR count). The molecule has 20 heteroatoms.